The SMILES string of the molecule is OCCC1c2ccccc2-n2cncc21. The van der Waals surface area contributed by atoms with Crippen LogP contribution in [0.1, 0.15) is 23.6 Å². The Morgan fingerprint density at radius 2 is 2.20 bits per heavy atom. The van der Waals surface area contributed by atoms with Crippen molar-refractivity contribution in [3.8, 4) is 5.69 Å². The summed E-state index contributed by atoms with van der Waals surface area (Å²) < 4.78 is 2.11. The third kappa shape index (κ3) is 1.13. The highest BCUT2D eigenvalue weighted by Crippen LogP contribution is 2.38. The Hall–Kier alpha value is -1.61. The van der Waals surface area contributed by atoms with Crippen molar-refractivity contribution in [2.45, 2.75) is 12.3 Å². The molecule has 1 aliphatic heterocycles. The minimum Gasteiger partial charge on any atom is -0.396 e. The van der Waals surface area contributed by atoms with E-state index >= 15 is 0 Å². The van der Waals surface area contributed by atoms with Crippen molar-refractivity contribution in [3.05, 3.63) is 48.0 Å². The quantitative estimate of drug-likeness (QED) is 0.801. The van der Waals surface area contributed by atoms with E-state index < -0.39 is 0 Å². The van der Waals surface area contributed by atoms with Gasteiger partial charge in [-0.2, -0.15) is 0 Å². The number of aliphatic hydroxyl groups is 1. The number of aliphatic hydroxyl groups excluding tert-OH is 1. The average molecular weight is 200 g/mol. The summed E-state index contributed by atoms with van der Waals surface area (Å²) in [7, 11) is 0. The summed E-state index contributed by atoms with van der Waals surface area (Å²) >= 11 is 0. The zero-order valence-electron chi connectivity index (χ0n) is 8.30. The molecule has 1 N–H and O–H groups in total. The predicted molar refractivity (Wildman–Crippen MR) is 57.1 cm³/mol. The molecule has 76 valence electrons. The zero-order chi connectivity index (χ0) is 10.3. The van der Waals surface area contributed by atoms with Crippen LogP contribution in [0.4, 0.5) is 0 Å². The molecule has 0 radical (unpaired) electrons. The molecular formula is C12H12N2O. The molecule has 1 aromatic heterocycles. The summed E-state index contributed by atoms with van der Waals surface area (Å²) in [5, 5.41) is 9.09. The number of nitrogens with zero attached hydrogens (tertiary/aromatic N) is 2. The van der Waals surface area contributed by atoms with Crippen LogP contribution >= 0.6 is 0 Å². The van der Waals surface area contributed by atoms with Gasteiger partial charge in [-0.25, -0.2) is 4.98 Å². The minimum atomic E-state index is 0.212. The van der Waals surface area contributed by atoms with Crippen molar-refractivity contribution >= 4 is 0 Å². The van der Waals surface area contributed by atoms with Crippen molar-refractivity contribution in [2.75, 3.05) is 6.61 Å². The number of hydrogen-bond donors (Lipinski definition) is 1. The molecule has 15 heavy (non-hydrogen) atoms. The van der Waals surface area contributed by atoms with E-state index in [1.165, 1.54) is 16.9 Å². The first-order chi connectivity index (χ1) is 7.42. The normalized spacial score (nSPS) is 17.5. The van der Waals surface area contributed by atoms with E-state index in [-0.39, 0.29) is 6.61 Å². The summed E-state index contributed by atoms with van der Waals surface area (Å²) in [6.07, 6.45) is 4.49. The lowest BCUT2D eigenvalue weighted by Gasteiger charge is -2.08. The molecule has 3 nitrogen and oxygen atoms in total. The number of rotatable bonds is 2. The number of hydrogen-bond acceptors (Lipinski definition) is 2. The summed E-state index contributed by atoms with van der Waals surface area (Å²) in [6, 6.07) is 8.30. The van der Waals surface area contributed by atoms with Crippen molar-refractivity contribution in [2.24, 2.45) is 0 Å². The molecule has 2 heterocycles. The largest absolute Gasteiger partial charge is 0.396 e. The smallest absolute Gasteiger partial charge is 0.0994 e. The fourth-order valence-electron chi connectivity index (χ4n) is 2.36. The molecule has 0 amide bonds. The van der Waals surface area contributed by atoms with Crippen molar-refractivity contribution < 1.29 is 5.11 Å². The van der Waals surface area contributed by atoms with Gasteiger partial charge >= 0.3 is 0 Å². The van der Waals surface area contributed by atoms with Gasteiger partial charge in [-0.05, 0) is 18.1 Å². The minimum absolute atomic E-state index is 0.212. The molecular weight excluding hydrogens is 188 g/mol. The number of para-hydroxylation sites is 1. The van der Waals surface area contributed by atoms with Gasteiger partial charge in [0.15, 0.2) is 0 Å². The first kappa shape index (κ1) is 8.68. The summed E-state index contributed by atoms with van der Waals surface area (Å²) in [4.78, 5) is 4.16. The van der Waals surface area contributed by atoms with Crippen molar-refractivity contribution in [3.63, 3.8) is 0 Å². The Labute approximate surface area is 88.0 Å². The van der Waals surface area contributed by atoms with Gasteiger partial charge in [-0.15, -0.1) is 0 Å². The molecule has 1 atom stereocenters. The van der Waals surface area contributed by atoms with Crippen LogP contribution in [0.2, 0.25) is 0 Å². The summed E-state index contributed by atoms with van der Waals surface area (Å²) in [5.41, 5.74) is 3.68. The topological polar surface area (TPSA) is 38.0 Å². The van der Waals surface area contributed by atoms with E-state index in [2.05, 4.69) is 21.7 Å². The third-order valence-electron chi connectivity index (χ3n) is 3.01. The molecule has 1 aliphatic rings. The van der Waals surface area contributed by atoms with E-state index in [1.807, 2.05) is 24.7 Å². The molecule has 1 aromatic carbocycles. The van der Waals surface area contributed by atoms with Crippen LogP contribution in [0.15, 0.2) is 36.8 Å². The lowest BCUT2D eigenvalue weighted by molar-refractivity contribution is 0.282. The lowest BCUT2D eigenvalue weighted by atomic mass is 9.95. The molecule has 0 fully saturated rings. The molecule has 2 aromatic rings. The van der Waals surface area contributed by atoms with Gasteiger partial charge in [0.25, 0.3) is 0 Å². The molecule has 1 unspecified atom stereocenters. The van der Waals surface area contributed by atoms with Crippen LogP contribution in [0.25, 0.3) is 5.69 Å². The number of imidazole rings is 1. The number of fused-ring (bicyclic) bond motifs is 3. The first-order valence-corrected chi connectivity index (χ1v) is 5.14. The van der Waals surface area contributed by atoms with E-state index in [0.717, 1.165) is 6.42 Å². The maximum absolute atomic E-state index is 9.09. The maximum Gasteiger partial charge on any atom is 0.0994 e. The predicted octanol–water partition coefficient (Wildman–Crippen LogP) is 1.70. The average Bonchev–Trinajstić information content (AvgIpc) is 2.82. The van der Waals surface area contributed by atoms with Crippen LogP contribution in [0.5, 0.6) is 0 Å². The Kier molecular flexibility index (Phi) is 1.86. The zero-order valence-corrected chi connectivity index (χ0v) is 8.30. The Morgan fingerprint density at radius 3 is 3.07 bits per heavy atom. The van der Waals surface area contributed by atoms with Gasteiger partial charge in [-0.1, -0.05) is 18.2 Å². The second kappa shape index (κ2) is 3.21. The molecule has 3 rings (SSSR count). The Balaban J connectivity index is 2.19. The van der Waals surface area contributed by atoms with Gasteiger partial charge in [-0.3, -0.25) is 0 Å². The van der Waals surface area contributed by atoms with Crippen LogP contribution in [-0.4, -0.2) is 21.3 Å². The Morgan fingerprint density at radius 1 is 1.33 bits per heavy atom. The van der Waals surface area contributed by atoms with Crippen molar-refractivity contribution in [1.29, 1.82) is 0 Å². The van der Waals surface area contributed by atoms with E-state index in [9.17, 15) is 0 Å². The second-order valence-electron chi connectivity index (χ2n) is 3.81. The number of benzene rings is 1. The van der Waals surface area contributed by atoms with Crippen LogP contribution in [0, 0.1) is 0 Å². The monoisotopic (exact) mass is 200 g/mol. The highest BCUT2D eigenvalue weighted by molar-refractivity contribution is 5.52. The van der Waals surface area contributed by atoms with Crippen LogP contribution in [0.3, 0.4) is 0 Å². The summed E-state index contributed by atoms with van der Waals surface area (Å²) in [5.74, 6) is 0.300. The standard InChI is InChI=1S/C12H12N2O/c15-6-5-10-9-3-1-2-4-11(9)14-8-13-7-12(10)14/h1-4,7-8,10,15H,5-6H2. The van der Waals surface area contributed by atoms with Crippen LogP contribution in [-0.2, 0) is 0 Å². The molecule has 0 bridgehead atoms. The van der Waals surface area contributed by atoms with Gasteiger partial charge in [0.05, 0.1) is 17.7 Å². The van der Waals surface area contributed by atoms with E-state index in [4.69, 9.17) is 5.11 Å². The molecule has 0 saturated heterocycles. The molecule has 3 heteroatoms. The fourth-order valence-corrected chi connectivity index (χ4v) is 2.36. The molecule has 0 spiro atoms. The lowest BCUT2D eigenvalue weighted by Crippen LogP contribution is -1.99. The van der Waals surface area contributed by atoms with Crippen molar-refractivity contribution in [1.82, 2.24) is 9.55 Å². The molecule has 0 saturated carbocycles. The maximum atomic E-state index is 9.09. The van der Waals surface area contributed by atoms with Gasteiger partial charge in [0.1, 0.15) is 0 Å². The van der Waals surface area contributed by atoms with Crippen LogP contribution < -0.4 is 0 Å². The fraction of sp³-hybridized carbons (Fsp3) is 0.250. The summed E-state index contributed by atoms with van der Waals surface area (Å²) in [6.45, 7) is 0.212. The number of aromatic nitrogens is 2. The van der Waals surface area contributed by atoms with Gasteiger partial charge < -0.3 is 9.67 Å². The van der Waals surface area contributed by atoms with E-state index in [0.29, 0.717) is 5.92 Å². The molecule has 0 aliphatic carbocycles. The van der Waals surface area contributed by atoms with Gasteiger partial charge in [0, 0.05) is 18.7 Å². The third-order valence-corrected chi connectivity index (χ3v) is 3.01. The second-order valence-corrected chi connectivity index (χ2v) is 3.81. The van der Waals surface area contributed by atoms with E-state index in [1.54, 1.807) is 0 Å². The first-order valence-electron chi connectivity index (χ1n) is 5.14. The highest BCUT2D eigenvalue weighted by Gasteiger charge is 2.27. The van der Waals surface area contributed by atoms with Gasteiger partial charge in [0.2, 0.25) is 0 Å². The highest BCUT2D eigenvalue weighted by atomic mass is 16.3. The Bertz CT molecular complexity index is 490.